The monoisotopic (exact) mass is 296 g/mol. The van der Waals surface area contributed by atoms with Crippen molar-refractivity contribution in [2.75, 3.05) is 7.05 Å². The molecule has 0 aliphatic rings. The van der Waals surface area contributed by atoms with Crippen molar-refractivity contribution in [3.8, 4) is 0 Å². The molecule has 0 aliphatic carbocycles. The molecule has 0 aliphatic heterocycles. The van der Waals surface area contributed by atoms with E-state index in [1.165, 1.54) is 5.56 Å². The van der Waals surface area contributed by atoms with Gasteiger partial charge in [-0.3, -0.25) is 9.78 Å². The summed E-state index contributed by atoms with van der Waals surface area (Å²) in [6.07, 6.45) is 2.15. The lowest BCUT2D eigenvalue weighted by molar-refractivity contribution is -0.129. The average molecular weight is 296 g/mol. The Morgan fingerprint density at radius 1 is 1.24 bits per heavy atom. The Balaban J connectivity index is 1.77. The summed E-state index contributed by atoms with van der Waals surface area (Å²) < 4.78 is 0. The number of thiophene rings is 1. The molecule has 3 aromatic rings. The van der Waals surface area contributed by atoms with E-state index in [0.29, 0.717) is 13.0 Å². The number of hydrogen-bond acceptors (Lipinski definition) is 3. The summed E-state index contributed by atoms with van der Waals surface area (Å²) in [5.74, 6) is 0.111. The third-order valence-corrected chi connectivity index (χ3v) is 4.22. The van der Waals surface area contributed by atoms with E-state index in [1.54, 1.807) is 22.4 Å². The van der Waals surface area contributed by atoms with Gasteiger partial charge in [0.2, 0.25) is 5.91 Å². The van der Waals surface area contributed by atoms with Gasteiger partial charge in [-0.05, 0) is 34.0 Å². The van der Waals surface area contributed by atoms with Gasteiger partial charge in [0.15, 0.2) is 0 Å². The summed E-state index contributed by atoms with van der Waals surface area (Å²) in [4.78, 5) is 18.6. The fourth-order valence-electron chi connectivity index (χ4n) is 2.35. The fraction of sp³-hybridized carbons (Fsp3) is 0.176. The molecule has 0 saturated carbocycles. The molecule has 0 N–H and O–H groups in total. The molecule has 3 nitrogen and oxygen atoms in total. The van der Waals surface area contributed by atoms with Crippen LogP contribution >= 0.6 is 11.3 Å². The number of carbonyl (C=O) groups is 1. The molecule has 0 fully saturated rings. The number of benzene rings is 1. The first-order valence-corrected chi connectivity index (χ1v) is 7.76. The van der Waals surface area contributed by atoms with Crippen molar-refractivity contribution in [2.24, 2.45) is 0 Å². The Kier molecular flexibility index (Phi) is 3.97. The number of nitrogens with zero attached hydrogens (tertiary/aromatic N) is 2. The molecule has 0 radical (unpaired) electrons. The molecule has 0 saturated heterocycles. The molecule has 106 valence electrons. The lowest BCUT2D eigenvalue weighted by atomic mass is 10.1. The smallest absolute Gasteiger partial charge is 0.227 e. The van der Waals surface area contributed by atoms with Gasteiger partial charge in [-0.15, -0.1) is 0 Å². The maximum absolute atomic E-state index is 12.4. The van der Waals surface area contributed by atoms with E-state index < -0.39 is 0 Å². The topological polar surface area (TPSA) is 33.2 Å². The van der Waals surface area contributed by atoms with Crippen LogP contribution in [0, 0.1) is 0 Å². The summed E-state index contributed by atoms with van der Waals surface area (Å²) >= 11 is 1.65. The zero-order valence-electron chi connectivity index (χ0n) is 11.8. The van der Waals surface area contributed by atoms with Crippen LogP contribution in [0.15, 0.2) is 53.4 Å². The van der Waals surface area contributed by atoms with E-state index in [-0.39, 0.29) is 5.91 Å². The van der Waals surface area contributed by atoms with Crippen LogP contribution in [0.25, 0.3) is 10.9 Å². The Morgan fingerprint density at radius 2 is 2.10 bits per heavy atom. The van der Waals surface area contributed by atoms with Gasteiger partial charge in [0.05, 0.1) is 11.9 Å². The highest BCUT2D eigenvalue weighted by atomic mass is 32.1. The number of amides is 1. The zero-order valence-corrected chi connectivity index (χ0v) is 12.6. The first-order valence-electron chi connectivity index (χ1n) is 6.82. The second-order valence-corrected chi connectivity index (χ2v) is 5.83. The van der Waals surface area contributed by atoms with Crippen molar-refractivity contribution in [2.45, 2.75) is 13.0 Å². The highest BCUT2D eigenvalue weighted by molar-refractivity contribution is 7.07. The van der Waals surface area contributed by atoms with E-state index in [9.17, 15) is 4.79 Å². The summed E-state index contributed by atoms with van der Waals surface area (Å²) in [7, 11) is 1.85. The normalized spacial score (nSPS) is 10.7. The lowest BCUT2D eigenvalue weighted by Gasteiger charge is -2.17. The zero-order chi connectivity index (χ0) is 14.7. The molecular formula is C17H16N2OS. The second kappa shape index (κ2) is 6.06. The number of fused-ring (bicyclic) bond motifs is 1. The largest absolute Gasteiger partial charge is 0.341 e. The number of carbonyl (C=O) groups excluding carboxylic acids is 1. The van der Waals surface area contributed by atoms with Gasteiger partial charge in [0.25, 0.3) is 0 Å². The highest BCUT2D eigenvalue weighted by Gasteiger charge is 2.12. The third-order valence-electron chi connectivity index (χ3n) is 3.48. The van der Waals surface area contributed by atoms with Crippen molar-refractivity contribution in [1.82, 2.24) is 9.88 Å². The van der Waals surface area contributed by atoms with Crippen LogP contribution < -0.4 is 0 Å². The van der Waals surface area contributed by atoms with Crippen LogP contribution in [0.2, 0.25) is 0 Å². The molecule has 0 spiro atoms. The molecule has 2 heterocycles. The minimum Gasteiger partial charge on any atom is -0.341 e. The molecule has 0 bridgehead atoms. The highest BCUT2D eigenvalue weighted by Crippen LogP contribution is 2.17. The average Bonchev–Trinajstić information content (AvgIpc) is 3.00. The molecule has 1 amide bonds. The van der Waals surface area contributed by atoms with Crippen LogP contribution in [0.4, 0.5) is 0 Å². The first kappa shape index (κ1) is 13.8. The quantitative estimate of drug-likeness (QED) is 0.738. The summed E-state index contributed by atoms with van der Waals surface area (Å²) in [6, 6.07) is 12.0. The van der Waals surface area contributed by atoms with Crippen molar-refractivity contribution in [3.05, 3.63) is 64.5 Å². The van der Waals surface area contributed by atoms with Gasteiger partial charge in [0.1, 0.15) is 0 Å². The van der Waals surface area contributed by atoms with Gasteiger partial charge in [-0.2, -0.15) is 11.3 Å². The summed E-state index contributed by atoms with van der Waals surface area (Å²) in [5.41, 5.74) is 3.07. The van der Waals surface area contributed by atoms with Gasteiger partial charge >= 0.3 is 0 Å². The van der Waals surface area contributed by atoms with Crippen molar-refractivity contribution in [1.29, 1.82) is 0 Å². The van der Waals surface area contributed by atoms with E-state index in [0.717, 1.165) is 16.5 Å². The first-order chi connectivity index (χ1) is 10.2. The standard InChI is InChI=1S/C17H16N2OS/c1-19(11-13-7-9-21-12-13)16(20)10-15-5-2-4-14-6-3-8-18-17(14)15/h2-9,12H,10-11H2,1H3. The Labute approximate surface area is 127 Å². The number of likely N-dealkylation sites (N-methyl/N-ethyl adjacent to an activating group) is 1. The SMILES string of the molecule is CN(Cc1ccsc1)C(=O)Cc1cccc2cccnc12. The van der Waals surface area contributed by atoms with Crippen LogP contribution in [0.5, 0.6) is 0 Å². The predicted octanol–water partition coefficient (Wildman–Crippen LogP) is 3.50. The van der Waals surface area contributed by atoms with Gasteiger partial charge in [0, 0.05) is 25.2 Å². The van der Waals surface area contributed by atoms with E-state index in [1.807, 2.05) is 48.8 Å². The van der Waals surface area contributed by atoms with Gasteiger partial charge < -0.3 is 4.90 Å². The molecule has 4 heteroatoms. The van der Waals surface area contributed by atoms with E-state index >= 15 is 0 Å². The number of hydrogen-bond donors (Lipinski definition) is 0. The Hall–Kier alpha value is -2.20. The van der Waals surface area contributed by atoms with Crippen LogP contribution in [-0.4, -0.2) is 22.8 Å². The molecule has 0 atom stereocenters. The number of pyridine rings is 1. The number of para-hydroxylation sites is 1. The fourth-order valence-corrected chi connectivity index (χ4v) is 3.01. The lowest BCUT2D eigenvalue weighted by Crippen LogP contribution is -2.27. The molecular weight excluding hydrogens is 280 g/mol. The third kappa shape index (κ3) is 3.11. The van der Waals surface area contributed by atoms with Crippen molar-refractivity contribution < 1.29 is 4.79 Å². The van der Waals surface area contributed by atoms with Crippen LogP contribution in [0.3, 0.4) is 0 Å². The van der Waals surface area contributed by atoms with E-state index in [4.69, 9.17) is 0 Å². The molecule has 0 unspecified atom stereocenters. The molecule has 21 heavy (non-hydrogen) atoms. The van der Waals surface area contributed by atoms with Gasteiger partial charge in [-0.25, -0.2) is 0 Å². The molecule has 2 aromatic heterocycles. The molecule has 3 rings (SSSR count). The maximum Gasteiger partial charge on any atom is 0.227 e. The summed E-state index contributed by atoms with van der Waals surface area (Å²) in [6.45, 7) is 0.653. The Morgan fingerprint density at radius 3 is 2.90 bits per heavy atom. The maximum atomic E-state index is 12.4. The number of aromatic nitrogens is 1. The van der Waals surface area contributed by atoms with Crippen LogP contribution in [-0.2, 0) is 17.8 Å². The van der Waals surface area contributed by atoms with Crippen molar-refractivity contribution >= 4 is 28.1 Å². The second-order valence-electron chi connectivity index (χ2n) is 5.05. The van der Waals surface area contributed by atoms with E-state index in [2.05, 4.69) is 10.4 Å². The van der Waals surface area contributed by atoms with Gasteiger partial charge in [-0.1, -0.05) is 24.3 Å². The van der Waals surface area contributed by atoms with Crippen LogP contribution in [0.1, 0.15) is 11.1 Å². The minimum absolute atomic E-state index is 0.111. The van der Waals surface area contributed by atoms with Crippen molar-refractivity contribution in [3.63, 3.8) is 0 Å². The minimum atomic E-state index is 0.111. The molecule has 1 aromatic carbocycles. The predicted molar refractivity (Wildman–Crippen MR) is 86.2 cm³/mol. The summed E-state index contributed by atoms with van der Waals surface area (Å²) in [5, 5.41) is 5.18. The Bertz CT molecular complexity index is 747. The number of rotatable bonds is 4.